The Bertz CT molecular complexity index is 641. The van der Waals surface area contributed by atoms with Gasteiger partial charge in [0.05, 0.1) is 12.5 Å². The lowest BCUT2D eigenvalue weighted by molar-refractivity contribution is 0.405. The summed E-state index contributed by atoms with van der Waals surface area (Å²) in [5, 5.41) is -0.0705. The summed E-state index contributed by atoms with van der Waals surface area (Å²) < 4.78 is 6.53. The summed E-state index contributed by atoms with van der Waals surface area (Å²) in [7, 11) is 1.70. The third kappa shape index (κ3) is 2.97. The summed E-state index contributed by atoms with van der Waals surface area (Å²) in [6, 6.07) is 14.7. The van der Waals surface area contributed by atoms with Gasteiger partial charge in [0.25, 0.3) is 0 Å². The van der Waals surface area contributed by atoms with E-state index >= 15 is 0 Å². The van der Waals surface area contributed by atoms with Gasteiger partial charge < -0.3 is 4.74 Å². The van der Waals surface area contributed by atoms with Crippen molar-refractivity contribution in [2.24, 2.45) is 0 Å². The first-order valence-corrected chi connectivity index (χ1v) is 8.49. The molecule has 0 aromatic heterocycles. The molecule has 0 amide bonds. The Morgan fingerprint density at radius 1 is 1.24 bits per heavy atom. The van der Waals surface area contributed by atoms with E-state index in [0.717, 1.165) is 28.6 Å². The monoisotopic (exact) mass is 364 g/mol. The highest BCUT2D eigenvalue weighted by atomic mass is 79.9. The highest BCUT2D eigenvalue weighted by molar-refractivity contribution is 9.10. The first-order valence-electron chi connectivity index (χ1n) is 7.26. The van der Waals surface area contributed by atoms with Crippen LogP contribution in [-0.4, -0.2) is 7.11 Å². The third-order valence-electron chi connectivity index (χ3n) is 4.26. The molecule has 110 valence electrons. The molecular weight excluding hydrogens is 348 g/mol. The average Bonchev–Trinajstić information content (AvgIpc) is 2.53. The molecule has 2 aromatic rings. The van der Waals surface area contributed by atoms with Crippen LogP contribution in [0.15, 0.2) is 46.9 Å². The second kappa shape index (κ2) is 6.41. The first kappa shape index (κ1) is 14.9. The first-order chi connectivity index (χ1) is 10.2. The standard InChI is InChI=1S/C18H18BrClO/c1-21-17-10-9-13(19)11-16(17)18(20)15-8-4-6-12-5-2-3-7-14(12)15/h2-3,5,7,9-11,15,18H,4,6,8H2,1H3. The zero-order valence-corrected chi connectivity index (χ0v) is 14.3. The van der Waals surface area contributed by atoms with Gasteiger partial charge in [-0.2, -0.15) is 0 Å². The molecule has 2 aromatic carbocycles. The fraction of sp³-hybridized carbons (Fsp3) is 0.333. The Kier molecular flexibility index (Phi) is 4.56. The molecule has 0 radical (unpaired) electrons. The maximum absolute atomic E-state index is 6.87. The Morgan fingerprint density at radius 2 is 2.05 bits per heavy atom. The highest BCUT2D eigenvalue weighted by Crippen LogP contribution is 2.46. The Labute approximate surface area is 139 Å². The van der Waals surface area contributed by atoms with Crippen LogP contribution < -0.4 is 4.74 Å². The van der Waals surface area contributed by atoms with Crippen LogP contribution in [0.4, 0.5) is 0 Å². The zero-order chi connectivity index (χ0) is 14.8. The lowest BCUT2D eigenvalue weighted by Gasteiger charge is -2.30. The zero-order valence-electron chi connectivity index (χ0n) is 12.0. The summed E-state index contributed by atoms with van der Waals surface area (Å²) >= 11 is 10.4. The molecule has 0 saturated carbocycles. The van der Waals surface area contributed by atoms with E-state index in [1.807, 2.05) is 12.1 Å². The van der Waals surface area contributed by atoms with Crippen molar-refractivity contribution in [3.8, 4) is 5.75 Å². The summed E-state index contributed by atoms with van der Waals surface area (Å²) in [5.41, 5.74) is 3.90. The van der Waals surface area contributed by atoms with E-state index in [-0.39, 0.29) is 5.38 Å². The summed E-state index contributed by atoms with van der Waals surface area (Å²) in [5.74, 6) is 1.21. The number of methoxy groups -OCH3 is 1. The SMILES string of the molecule is COc1ccc(Br)cc1C(Cl)C1CCCc2ccccc21. The van der Waals surface area contributed by atoms with Crippen LogP contribution in [0.1, 0.15) is 40.8 Å². The molecule has 2 unspecified atom stereocenters. The molecule has 0 aliphatic heterocycles. The Morgan fingerprint density at radius 3 is 2.86 bits per heavy atom. The van der Waals surface area contributed by atoms with Gasteiger partial charge in [-0.15, -0.1) is 11.6 Å². The molecule has 0 bridgehead atoms. The number of aryl methyl sites for hydroxylation is 1. The number of rotatable bonds is 3. The minimum Gasteiger partial charge on any atom is -0.496 e. The van der Waals surface area contributed by atoms with Crippen LogP contribution in [0.2, 0.25) is 0 Å². The molecule has 1 nitrogen and oxygen atoms in total. The lowest BCUT2D eigenvalue weighted by atomic mass is 9.79. The van der Waals surface area contributed by atoms with E-state index in [1.54, 1.807) is 7.11 Å². The lowest BCUT2D eigenvalue weighted by Crippen LogP contribution is -2.14. The van der Waals surface area contributed by atoms with Gasteiger partial charge >= 0.3 is 0 Å². The van der Waals surface area contributed by atoms with Crippen LogP contribution in [0, 0.1) is 0 Å². The molecule has 3 heteroatoms. The van der Waals surface area contributed by atoms with Crippen molar-refractivity contribution in [1.82, 2.24) is 0 Å². The summed E-state index contributed by atoms with van der Waals surface area (Å²) in [6.45, 7) is 0. The van der Waals surface area contributed by atoms with Gasteiger partial charge in [-0.05, 0) is 48.6 Å². The van der Waals surface area contributed by atoms with E-state index in [0.29, 0.717) is 5.92 Å². The van der Waals surface area contributed by atoms with Crippen LogP contribution in [0.25, 0.3) is 0 Å². The smallest absolute Gasteiger partial charge is 0.123 e. The van der Waals surface area contributed by atoms with Gasteiger partial charge in [-0.25, -0.2) is 0 Å². The van der Waals surface area contributed by atoms with Crippen molar-refractivity contribution >= 4 is 27.5 Å². The molecule has 0 heterocycles. The van der Waals surface area contributed by atoms with E-state index in [9.17, 15) is 0 Å². The van der Waals surface area contributed by atoms with Crippen LogP contribution in [-0.2, 0) is 6.42 Å². The van der Waals surface area contributed by atoms with Gasteiger partial charge in [0.2, 0.25) is 0 Å². The van der Waals surface area contributed by atoms with Gasteiger partial charge in [0.1, 0.15) is 5.75 Å². The normalized spacial score (nSPS) is 18.9. The van der Waals surface area contributed by atoms with Gasteiger partial charge in [0.15, 0.2) is 0 Å². The number of alkyl halides is 1. The van der Waals surface area contributed by atoms with Gasteiger partial charge in [-0.1, -0.05) is 40.2 Å². The van der Waals surface area contributed by atoms with E-state index in [4.69, 9.17) is 16.3 Å². The molecule has 0 saturated heterocycles. The third-order valence-corrected chi connectivity index (χ3v) is 5.29. The van der Waals surface area contributed by atoms with E-state index in [1.165, 1.54) is 17.5 Å². The largest absolute Gasteiger partial charge is 0.496 e. The molecule has 1 aliphatic rings. The molecular formula is C18H18BrClO. The quantitative estimate of drug-likeness (QED) is 0.619. The molecule has 0 fully saturated rings. The predicted molar refractivity (Wildman–Crippen MR) is 91.4 cm³/mol. The summed E-state index contributed by atoms with van der Waals surface area (Å²) in [4.78, 5) is 0. The fourth-order valence-corrected chi connectivity index (χ4v) is 4.04. The molecule has 0 N–H and O–H groups in total. The number of benzene rings is 2. The second-order valence-electron chi connectivity index (χ2n) is 5.49. The second-order valence-corrected chi connectivity index (χ2v) is 6.87. The highest BCUT2D eigenvalue weighted by Gasteiger charge is 2.29. The van der Waals surface area contributed by atoms with Gasteiger partial charge in [0, 0.05) is 16.0 Å². The van der Waals surface area contributed by atoms with Crippen molar-refractivity contribution < 1.29 is 4.74 Å². The van der Waals surface area contributed by atoms with Crippen molar-refractivity contribution in [2.45, 2.75) is 30.6 Å². The van der Waals surface area contributed by atoms with Crippen molar-refractivity contribution in [2.75, 3.05) is 7.11 Å². The van der Waals surface area contributed by atoms with Crippen LogP contribution in [0.5, 0.6) is 5.75 Å². The number of ether oxygens (including phenoxy) is 1. The molecule has 3 rings (SSSR count). The van der Waals surface area contributed by atoms with Crippen LogP contribution in [0.3, 0.4) is 0 Å². The Balaban J connectivity index is 2.00. The predicted octanol–water partition coefficient (Wildman–Crippen LogP) is 5.86. The van der Waals surface area contributed by atoms with Crippen molar-refractivity contribution in [3.05, 3.63) is 63.6 Å². The maximum Gasteiger partial charge on any atom is 0.123 e. The summed E-state index contributed by atoms with van der Waals surface area (Å²) in [6.07, 6.45) is 3.48. The number of hydrogen-bond donors (Lipinski definition) is 0. The Hall–Kier alpha value is -0.990. The number of hydrogen-bond acceptors (Lipinski definition) is 1. The van der Waals surface area contributed by atoms with Crippen molar-refractivity contribution in [1.29, 1.82) is 0 Å². The van der Waals surface area contributed by atoms with E-state index < -0.39 is 0 Å². The number of halogens is 2. The average molecular weight is 366 g/mol. The molecule has 0 spiro atoms. The number of fused-ring (bicyclic) bond motifs is 1. The molecule has 2 atom stereocenters. The van der Waals surface area contributed by atoms with E-state index in [2.05, 4.69) is 46.3 Å². The van der Waals surface area contributed by atoms with Crippen molar-refractivity contribution in [3.63, 3.8) is 0 Å². The van der Waals surface area contributed by atoms with Gasteiger partial charge in [-0.3, -0.25) is 0 Å². The minimum atomic E-state index is -0.0705. The van der Waals surface area contributed by atoms with Crippen LogP contribution >= 0.6 is 27.5 Å². The molecule has 1 aliphatic carbocycles. The minimum absolute atomic E-state index is 0.0705. The topological polar surface area (TPSA) is 9.23 Å². The fourth-order valence-electron chi connectivity index (χ4n) is 3.23. The maximum atomic E-state index is 6.87. The molecule has 21 heavy (non-hydrogen) atoms.